The van der Waals surface area contributed by atoms with Crippen LogP contribution in [-0.4, -0.2) is 35.9 Å². The van der Waals surface area contributed by atoms with E-state index in [4.69, 9.17) is 0 Å². The molecular formula is C26H49F2O5P. The Bertz CT molecular complexity index is 574. The SMILES string of the molecule is CCCCCCCCC=CCCCCCCCC(=O)C[C@@H](O)CC(F)(F)P(=O)(OCC)OCC. The van der Waals surface area contributed by atoms with E-state index in [0.29, 0.717) is 6.42 Å². The minimum Gasteiger partial charge on any atom is -0.392 e. The van der Waals surface area contributed by atoms with Gasteiger partial charge in [-0.3, -0.25) is 9.36 Å². The van der Waals surface area contributed by atoms with Crippen molar-refractivity contribution in [1.82, 2.24) is 0 Å². The van der Waals surface area contributed by atoms with Gasteiger partial charge in [-0.15, -0.1) is 0 Å². The van der Waals surface area contributed by atoms with Crippen molar-refractivity contribution in [2.45, 2.75) is 135 Å². The maximum Gasteiger partial charge on any atom is 0.399 e. The average molecular weight is 511 g/mol. The largest absolute Gasteiger partial charge is 0.399 e. The van der Waals surface area contributed by atoms with Crippen molar-refractivity contribution in [1.29, 1.82) is 0 Å². The number of carbonyl (C=O) groups excluding carboxylic acids is 1. The highest BCUT2D eigenvalue weighted by molar-refractivity contribution is 7.55. The number of halogens is 2. The number of hydrogen-bond acceptors (Lipinski definition) is 5. The highest BCUT2D eigenvalue weighted by Crippen LogP contribution is 2.63. The summed E-state index contributed by atoms with van der Waals surface area (Å²) < 4.78 is 50.4. The summed E-state index contributed by atoms with van der Waals surface area (Å²) in [4.78, 5) is 12.0. The normalized spacial score (nSPS) is 13.6. The van der Waals surface area contributed by atoms with Gasteiger partial charge >= 0.3 is 13.3 Å². The van der Waals surface area contributed by atoms with E-state index in [1.807, 2.05) is 0 Å². The van der Waals surface area contributed by atoms with Gasteiger partial charge in [0.2, 0.25) is 0 Å². The number of aliphatic hydroxyl groups excluding tert-OH is 1. The Morgan fingerprint density at radius 2 is 1.32 bits per heavy atom. The Labute approximate surface area is 206 Å². The molecule has 1 N–H and O–H groups in total. The Balaban J connectivity index is 3.87. The van der Waals surface area contributed by atoms with Gasteiger partial charge in [-0.1, -0.05) is 70.4 Å². The Morgan fingerprint density at radius 1 is 0.853 bits per heavy atom. The molecule has 0 unspecified atom stereocenters. The van der Waals surface area contributed by atoms with Gasteiger partial charge in [0.1, 0.15) is 5.78 Å². The first kappa shape index (κ1) is 33.4. The van der Waals surface area contributed by atoms with Gasteiger partial charge in [-0.25, -0.2) is 0 Å². The highest BCUT2D eigenvalue weighted by atomic mass is 31.2. The zero-order valence-electron chi connectivity index (χ0n) is 21.7. The van der Waals surface area contributed by atoms with Crippen LogP contribution < -0.4 is 0 Å². The molecule has 0 radical (unpaired) electrons. The molecule has 0 bridgehead atoms. The summed E-state index contributed by atoms with van der Waals surface area (Å²) >= 11 is 0. The standard InChI is InChI=1S/C26H49F2O5P/c1-4-7-8-9-10-11-12-13-14-15-16-17-18-19-20-21-24(29)22-25(30)23-26(27,28)34(31,32-5-2)33-6-3/h13-14,25,30H,4-12,15-23H2,1-3H3/t25-/m1/s1. The second-order valence-electron chi connectivity index (χ2n) is 8.93. The second kappa shape index (κ2) is 20.6. The van der Waals surface area contributed by atoms with Crippen molar-refractivity contribution in [3.8, 4) is 0 Å². The number of unbranched alkanes of at least 4 members (excludes halogenated alkanes) is 11. The summed E-state index contributed by atoms with van der Waals surface area (Å²) in [5.74, 6) is -0.261. The molecule has 0 aromatic carbocycles. The number of hydrogen-bond donors (Lipinski definition) is 1. The maximum absolute atomic E-state index is 14.4. The molecule has 0 aliphatic carbocycles. The lowest BCUT2D eigenvalue weighted by Crippen LogP contribution is -2.28. The van der Waals surface area contributed by atoms with Crippen molar-refractivity contribution in [3.05, 3.63) is 12.2 Å². The minimum atomic E-state index is -4.68. The molecule has 0 aliphatic rings. The van der Waals surface area contributed by atoms with Crippen LogP contribution in [0.15, 0.2) is 12.2 Å². The van der Waals surface area contributed by atoms with Crippen LogP contribution >= 0.6 is 7.60 Å². The molecule has 0 rings (SSSR count). The number of rotatable bonds is 24. The molecule has 202 valence electrons. The van der Waals surface area contributed by atoms with Gasteiger partial charge in [0.25, 0.3) is 0 Å². The lowest BCUT2D eigenvalue weighted by molar-refractivity contribution is -0.121. The average Bonchev–Trinajstić information content (AvgIpc) is 2.76. The molecule has 0 aromatic rings. The van der Waals surface area contributed by atoms with E-state index in [-0.39, 0.29) is 31.8 Å². The second-order valence-corrected chi connectivity index (χ2v) is 11.1. The first-order valence-corrected chi connectivity index (χ1v) is 14.9. The third kappa shape index (κ3) is 16.1. The molecule has 0 saturated heterocycles. The van der Waals surface area contributed by atoms with Crippen LogP contribution in [0.3, 0.4) is 0 Å². The van der Waals surface area contributed by atoms with E-state index in [0.717, 1.165) is 32.1 Å². The molecule has 0 aromatic heterocycles. The molecule has 8 heteroatoms. The van der Waals surface area contributed by atoms with Crippen LogP contribution in [0.5, 0.6) is 0 Å². The van der Waals surface area contributed by atoms with Crippen LogP contribution in [0, 0.1) is 0 Å². The molecule has 0 heterocycles. The Kier molecular flexibility index (Phi) is 20.2. The van der Waals surface area contributed by atoms with Gasteiger partial charge in [0, 0.05) is 12.8 Å². The number of carbonyl (C=O) groups is 1. The zero-order chi connectivity index (χ0) is 25.7. The lowest BCUT2D eigenvalue weighted by atomic mass is 10.0. The third-order valence-electron chi connectivity index (χ3n) is 5.66. The van der Waals surface area contributed by atoms with Crippen LogP contribution in [-0.2, 0) is 18.4 Å². The van der Waals surface area contributed by atoms with Crippen molar-refractivity contribution in [3.63, 3.8) is 0 Å². The number of ketones is 1. The third-order valence-corrected chi connectivity index (χ3v) is 7.84. The predicted octanol–water partition coefficient (Wildman–Crippen LogP) is 8.59. The lowest BCUT2D eigenvalue weighted by Gasteiger charge is -2.27. The molecule has 0 saturated carbocycles. The highest BCUT2D eigenvalue weighted by Gasteiger charge is 2.54. The molecule has 5 nitrogen and oxygen atoms in total. The summed E-state index contributed by atoms with van der Waals surface area (Å²) in [5.41, 5.74) is -3.85. The molecule has 34 heavy (non-hydrogen) atoms. The van der Waals surface area contributed by atoms with Crippen molar-refractivity contribution >= 4 is 13.4 Å². The summed E-state index contributed by atoms with van der Waals surface area (Å²) in [6.45, 7) is 4.72. The van der Waals surface area contributed by atoms with Crippen molar-refractivity contribution in [2.24, 2.45) is 0 Å². The fraction of sp³-hybridized carbons (Fsp3) is 0.885. The number of alkyl halides is 2. The van der Waals surface area contributed by atoms with Gasteiger partial charge in [0.15, 0.2) is 0 Å². The number of allylic oxidation sites excluding steroid dienone is 2. The van der Waals surface area contributed by atoms with E-state index in [9.17, 15) is 23.2 Å². The van der Waals surface area contributed by atoms with Gasteiger partial charge in [-0.2, -0.15) is 8.78 Å². The summed E-state index contributed by atoms with van der Waals surface area (Å²) in [5, 5.41) is 9.94. The molecular weight excluding hydrogens is 461 g/mol. The topological polar surface area (TPSA) is 72.8 Å². The quantitative estimate of drug-likeness (QED) is 0.0799. The monoisotopic (exact) mass is 510 g/mol. The van der Waals surface area contributed by atoms with Crippen molar-refractivity contribution < 1.29 is 32.3 Å². The van der Waals surface area contributed by atoms with Crippen molar-refractivity contribution in [2.75, 3.05) is 13.2 Å². The van der Waals surface area contributed by atoms with Crippen LogP contribution in [0.1, 0.15) is 124 Å². The maximum atomic E-state index is 14.4. The first-order valence-electron chi connectivity index (χ1n) is 13.3. The first-order chi connectivity index (χ1) is 16.2. The smallest absolute Gasteiger partial charge is 0.392 e. The fourth-order valence-corrected chi connectivity index (χ4v) is 5.36. The van der Waals surface area contributed by atoms with Crippen LogP contribution in [0.4, 0.5) is 8.78 Å². The van der Waals surface area contributed by atoms with Gasteiger partial charge in [0.05, 0.1) is 25.7 Å². The Morgan fingerprint density at radius 3 is 1.82 bits per heavy atom. The predicted molar refractivity (Wildman–Crippen MR) is 136 cm³/mol. The van der Waals surface area contributed by atoms with Crippen LogP contribution in [0.2, 0.25) is 0 Å². The van der Waals surface area contributed by atoms with E-state index < -0.39 is 25.8 Å². The molecule has 0 spiro atoms. The molecule has 1 atom stereocenters. The van der Waals surface area contributed by atoms with Crippen LogP contribution in [0.25, 0.3) is 0 Å². The molecule has 0 aliphatic heterocycles. The molecule has 0 fully saturated rings. The summed E-state index contributed by atoms with van der Waals surface area (Å²) in [7, 11) is -4.68. The number of aliphatic hydroxyl groups is 1. The fourth-order valence-electron chi connectivity index (χ4n) is 3.79. The van der Waals surface area contributed by atoms with E-state index in [2.05, 4.69) is 28.1 Å². The van der Waals surface area contributed by atoms with E-state index in [1.54, 1.807) is 0 Å². The molecule has 0 amide bonds. The van der Waals surface area contributed by atoms with Gasteiger partial charge in [-0.05, 0) is 46.0 Å². The van der Waals surface area contributed by atoms with Gasteiger partial charge < -0.3 is 14.2 Å². The summed E-state index contributed by atoms with van der Waals surface area (Å²) in [6, 6.07) is 0. The number of Topliss-reactive ketones (excluding diaryl/α,β-unsaturated/α-hetero) is 1. The Hall–Kier alpha value is -0.620. The summed E-state index contributed by atoms with van der Waals surface area (Å²) in [6.07, 6.45) is 16.8. The minimum absolute atomic E-state index is 0.197. The van der Waals surface area contributed by atoms with E-state index >= 15 is 0 Å². The zero-order valence-corrected chi connectivity index (χ0v) is 22.6. The van der Waals surface area contributed by atoms with E-state index in [1.165, 1.54) is 58.8 Å².